The molecule has 2 aromatic rings. The zero-order chi connectivity index (χ0) is 15.0. The molecule has 0 amide bonds. The van der Waals surface area contributed by atoms with Crippen LogP contribution < -0.4 is 14.4 Å². The Morgan fingerprint density at radius 3 is 2.95 bits per heavy atom. The van der Waals surface area contributed by atoms with Crippen LogP contribution in [0.5, 0.6) is 11.5 Å². The maximum absolute atomic E-state index is 11.7. The second-order valence-corrected chi connectivity index (χ2v) is 4.81. The van der Waals surface area contributed by atoms with E-state index in [-0.39, 0.29) is 5.97 Å². The van der Waals surface area contributed by atoms with Crippen LogP contribution in [-0.2, 0) is 4.79 Å². The number of hydrogen-bond donors (Lipinski definition) is 0. The SMILES string of the molecule is CCC(=O)Oc1c(OC)cc2ccnc3c2c1N(C)C=C3. The summed E-state index contributed by atoms with van der Waals surface area (Å²) in [6.45, 7) is 1.76. The predicted molar refractivity (Wildman–Crippen MR) is 81.7 cm³/mol. The van der Waals surface area contributed by atoms with E-state index in [4.69, 9.17) is 9.47 Å². The molecule has 0 spiro atoms. The lowest BCUT2D eigenvalue weighted by Crippen LogP contribution is -2.16. The highest BCUT2D eigenvalue weighted by molar-refractivity contribution is 6.06. The maximum Gasteiger partial charge on any atom is 0.311 e. The summed E-state index contributed by atoms with van der Waals surface area (Å²) in [5, 5.41) is 1.96. The molecule has 1 aliphatic rings. The minimum absolute atomic E-state index is 0.294. The van der Waals surface area contributed by atoms with Crippen LogP contribution in [0.3, 0.4) is 0 Å². The van der Waals surface area contributed by atoms with Gasteiger partial charge in [-0.3, -0.25) is 9.78 Å². The van der Waals surface area contributed by atoms with Gasteiger partial charge in [-0.1, -0.05) is 6.92 Å². The molecule has 1 aromatic heterocycles. The van der Waals surface area contributed by atoms with Crippen molar-refractivity contribution < 1.29 is 14.3 Å². The van der Waals surface area contributed by atoms with Crippen molar-refractivity contribution in [1.82, 2.24) is 4.98 Å². The van der Waals surface area contributed by atoms with Crippen molar-refractivity contribution in [1.29, 1.82) is 0 Å². The van der Waals surface area contributed by atoms with Gasteiger partial charge in [0, 0.05) is 31.3 Å². The van der Waals surface area contributed by atoms with Crippen molar-refractivity contribution in [3.05, 3.63) is 30.2 Å². The summed E-state index contributed by atoms with van der Waals surface area (Å²) in [5.74, 6) is 0.689. The molecular weight excluding hydrogens is 268 g/mol. The van der Waals surface area contributed by atoms with Crippen molar-refractivity contribution in [3.8, 4) is 11.5 Å². The fraction of sp³-hybridized carbons (Fsp3) is 0.250. The Morgan fingerprint density at radius 2 is 2.24 bits per heavy atom. The van der Waals surface area contributed by atoms with Crippen LogP contribution in [0.25, 0.3) is 16.8 Å². The molecule has 108 valence electrons. The molecule has 2 heterocycles. The van der Waals surface area contributed by atoms with E-state index in [1.54, 1.807) is 20.2 Å². The Bertz CT molecular complexity index is 753. The predicted octanol–water partition coefficient (Wildman–Crippen LogP) is 2.98. The number of esters is 1. The molecule has 0 saturated carbocycles. The lowest BCUT2D eigenvalue weighted by atomic mass is 10.0. The topological polar surface area (TPSA) is 51.7 Å². The largest absolute Gasteiger partial charge is 0.493 e. The van der Waals surface area contributed by atoms with Crippen molar-refractivity contribution >= 4 is 28.5 Å². The summed E-state index contributed by atoms with van der Waals surface area (Å²) < 4.78 is 10.9. The highest BCUT2D eigenvalue weighted by atomic mass is 16.6. The molecule has 1 aliphatic heterocycles. The Kier molecular flexibility index (Phi) is 3.25. The first-order chi connectivity index (χ1) is 10.2. The molecule has 5 nitrogen and oxygen atoms in total. The Morgan fingerprint density at radius 1 is 1.43 bits per heavy atom. The number of benzene rings is 1. The normalized spacial score (nSPS) is 12.6. The number of methoxy groups -OCH3 is 1. The summed E-state index contributed by atoms with van der Waals surface area (Å²) >= 11 is 0. The standard InChI is InChI=1S/C16H16N2O3/c1-4-13(19)21-16-12(20-3)9-10-5-7-17-11-6-8-18(2)15(16)14(10)11/h5-9H,4H2,1-3H3. The molecule has 1 aromatic carbocycles. The number of rotatable bonds is 3. The molecule has 21 heavy (non-hydrogen) atoms. The van der Waals surface area contributed by atoms with E-state index in [2.05, 4.69) is 4.98 Å². The summed E-state index contributed by atoms with van der Waals surface area (Å²) in [6, 6.07) is 3.79. The fourth-order valence-electron chi connectivity index (χ4n) is 2.47. The fourth-order valence-corrected chi connectivity index (χ4v) is 2.47. The van der Waals surface area contributed by atoms with E-state index in [1.165, 1.54) is 0 Å². The molecule has 0 bridgehead atoms. The third-order valence-corrected chi connectivity index (χ3v) is 3.51. The van der Waals surface area contributed by atoms with Crippen molar-refractivity contribution in [2.24, 2.45) is 0 Å². The molecular formula is C16H16N2O3. The Hall–Kier alpha value is -2.56. The number of ether oxygens (including phenoxy) is 2. The first-order valence-electron chi connectivity index (χ1n) is 6.77. The van der Waals surface area contributed by atoms with Crippen LogP contribution in [0.15, 0.2) is 24.5 Å². The highest BCUT2D eigenvalue weighted by Gasteiger charge is 2.24. The zero-order valence-electron chi connectivity index (χ0n) is 12.2. The monoisotopic (exact) mass is 284 g/mol. The van der Waals surface area contributed by atoms with Crippen LogP contribution >= 0.6 is 0 Å². The number of aromatic nitrogens is 1. The van der Waals surface area contributed by atoms with E-state index >= 15 is 0 Å². The Labute approximate surface area is 122 Å². The van der Waals surface area contributed by atoms with Crippen LogP contribution in [-0.4, -0.2) is 25.1 Å². The van der Waals surface area contributed by atoms with E-state index in [9.17, 15) is 4.79 Å². The average molecular weight is 284 g/mol. The summed E-state index contributed by atoms with van der Waals surface area (Å²) in [6.07, 6.45) is 5.90. The molecule has 0 radical (unpaired) electrons. The summed E-state index contributed by atoms with van der Waals surface area (Å²) in [4.78, 5) is 18.0. The van der Waals surface area contributed by atoms with Crippen LogP contribution in [0.4, 0.5) is 5.69 Å². The van der Waals surface area contributed by atoms with Crippen LogP contribution in [0.2, 0.25) is 0 Å². The highest BCUT2D eigenvalue weighted by Crippen LogP contribution is 2.46. The number of hydrogen-bond acceptors (Lipinski definition) is 5. The number of pyridine rings is 1. The smallest absolute Gasteiger partial charge is 0.311 e. The molecule has 0 fully saturated rings. The number of anilines is 1. The van der Waals surface area contributed by atoms with Gasteiger partial charge in [0.25, 0.3) is 0 Å². The minimum atomic E-state index is -0.294. The van der Waals surface area contributed by atoms with Gasteiger partial charge in [-0.05, 0) is 23.6 Å². The first-order valence-corrected chi connectivity index (χ1v) is 6.77. The van der Waals surface area contributed by atoms with Gasteiger partial charge in [0.15, 0.2) is 11.5 Å². The number of carbonyl (C=O) groups is 1. The van der Waals surface area contributed by atoms with Crippen LogP contribution in [0.1, 0.15) is 19.0 Å². The molecule has 0 saturated heterocycles. The van der Waals surface area contributed by atoms with Gasteiger partial charge >= 0.3 is 5.97 Å². The molecule has 3 rings (SSSR count). The van der Waals surface area contributed by atoms with Gasteiger partial charge in [-0.25, -0.2) is 0 Å². The van der Waals surface area contributed by atoms with Crippen LogP contribution in [0, 0.1) is 0 Å². The third-order valence-electron chi connectivity index (χ3n) is 3.51. The lowest BCUT2D eigenvalue weighted by molar-refractivity contribution is -0.134. The zero-order valence-corrected chi connectivity index (χ0v) is 12.2. The van der Waals surface area contributed by atoms with E-state index in [0.29, 0.717) is 17.9 Å². The van der Waals surface area contributed by atoms with E-state index in [1.807, 2.05) is 36.4 Å². The quantitative estimate of drug-likeness (QED) is 0.640. The van der Waals surface area contributed by atoms with Gasteiger partial charge < -0.3 is 14.4 Å². The second kappa shape index (κ2) is 5.09. The van der Waals surface area contributed by atoms with Gasteiger partial charge in [0.1, 0.15) is 0 Å². The maximum atomic E-state index is 11.7. The molecule has 5 heteroatoms. The van der Waals surface area contributed by atoms with Crippen molar-refractivity contribution in [3.63, 3.8) is 0 Å². The minimum Gasteiger partial charge on any atom is -0.493 e. The van der Waals surface area contributed by atoms with Crippen molar-refractivity contribution in [2.45, 2.75) is 13.3 Å². The van der Waals surface area contributed by atoms with Gasteiger partial charge in [0.05, 0.1) is 18.5 Å². The van der Waals surface area contributed by atoms with Crippen molar-refractivity contribution in [2.75, 3.05) is 19.1 Å². The lowest BCUT2D eigenvalue weighted by Gasteiger charge is -2.25. The average Bonchev–Trinajstić information content (AvgIpc) is 2.51. The van der Waals surface area contributed by atoms with Gasteiger partial charge in [-0.2, -0.15) is 0 Å². The molecule has 0 unspecified atom stereocenters. The van der Waals surface area contributed by atoms with Gasteiger partial charge in [-0.15, -0.1) is 0 Å². The first kappa shape index (κ1) is 13.4. The second-order valence-electron chi connectivity index (χ2n) is 4.81. The molecule has 0 N–H and O–H groups in total. The van der Waals surface area contributed by atoms with Gasteiger partial charge in [0.2, 0.25) is 0 Å². The van der Waals surface area contributed by atoms with E-state index in [0.717, 1.165) is 22.2 Å². The number of carbonyl (C=O) groups excluding carboxylic acids is 1. The number of nitrogens with zero attached hydrogens (tertiary/aromatic N) is 2. The molecule has 0 atom stereocenters. The third kappa shape index (κ3) is 2.11. The Balaban J connectivity index is 2.33. The van der Waals surface area contributed by atoms with E-state index < -0.39 is 0 Å². The summed E-state index contributed by atoms with van der Waals surface area (Å²) in [7, 11) is 3.47. The molecule has 0 aliphatic carbocycles. The summed E-state index contributed by atoms with van der Waals surface area (Å²) in [5.41, 5.74) is 1.66.